The molecule has 2 saturated heterocycles. The predicted octanol–water partition coefficient (Wildman–Crippen LogP) is 3.49. The van der Waals surface area contributed by atoms with Crippen LogP contribution < -0.4 is 4.74 Å². The van der Waals surface area contributed by atoms with Gasteiger partial charge in [0.2, 0.25) is 0 Å². The molecule has 10 heteroatoms. The Balaban J connectivity index is 1.88. The fraction of sp³-hybridized carbons (Fsp3) is 0.632. The lowest BCUT2D eigenvalue weighted by Crippen LogP contribution is -2.59. The Morgan fingerprint density at radius 3 is 2.69 bits per heavy atom. The second-order valence-electron chi connectivity index (χ2n) is 8.75. The Kier molecular flexibility index (Phi) is 4.92. The number of amides is 1. The summed E-state index contributed by atoms with van der Waals surface area (Å²) in [5.74, 6) is 0.513. The molecule has 4 rings (SSSR count). The number of carbonyl (C=O) groups is 1. The maximum absolute atomic E-state index is 13.1. The first kappa shape index (κ1) is 20.9. The number of halogens is 1. The molecule has 29 heavy (non-hydrogen) atoms. The summed E-state index contributed by atoms with van der Waals surface area (Å²) in [4.78, 5) is 13.1. The Morgan fingerprint density at radius 1 is 1.28 bits per heavy atom. The van der Waals surface area contributed by atoms with Gasteiger partial charge >= 0.3 is 16.4 Å². The molecule has 0 N–H and O–H groups in total. The number of nitrogens with zero attached hydrogens (tertiary/aromatic N) is 1. The second kappa shape index (κ2) is 6.83. The minimum absolute atomic E-state index is 0.205. The molecule has 160 valence electrons. The molecule has 0 aliphatic carbocycles. The lowest BCUT2D eigenvalue weighted by Gasteiger charge is -2.49. The van der Waals surface area contributed by atoms with Crippen molar-refractivity contribution in [2.24, 2.45) is 0 Å². The van der Waals surface area contributed by atoms with Crippen LogP contribution in [0.1, 0.15) is 45.6 Å². The van der Waals surface area contributed by atoms with Crippen molar-refractivity contribution in [3.63, 3.8) is 0 Å². The summed E-state index contributed by atoms with van der Waals surface area (Å²) in [6.07, 6.45) is 0.728. The van der Waals surface area contributed by atoms with Crippen molar-refractivity contribution in [2.45, 2.75) is 56.8 Å². The second-order valence-corrected chi connectivity index (χ2v) is 11.1. The summed E-state index contributed by atoms with van der Waals surface area (Å²) in [7, 11) is -4.33. The van der Waals surface area contributed by atoms with Crippen molar-refractivity contribution in [3.8, 4) is 5.75 Å². The van der Waals surface area contributed by atoms with Gasteiger partial charge < -0.3 is 14.2 Å². The number of rotatable bonds is 0. The topological polar surface area (TPSA) is 91.4 Å². The van der Waals surface area contributed by atoms with Crippen molar-refractivity contribution in [1.29, 1.82) is 0 Å². The number of benzene rings is 1. The first-order valence-corrected chi connectivity index (χ1v) is 11.6. The fourth-order valence-corrected chi connectivity index (χ4v) is 5.95. The maximum Gasteiger partial charge on any atom is 0.426 e. The van der Waals surface area contributed by atoms with Gasteiger partial charge in [-0.3, -0.25) is 4.18 Å². The first-order chi connectivity index (χ1) is 13.5. The van der Waals surface area contributed by atoms with Crippen molar-refractivity contribution in [2.75, 3.05) is 19.8 Å². The van der Waals surface area contributed by atoms with Crippen LogP contribution in [0.5, 0.6) is 5.75 Å². The molecule has 3 aliphatic rings. The van der Waals surface area contributed by atoms with E-state index in [0.717, 1.165) is 15.2 Å². The zero-order valence-electron chi connectivity index (χ0n) is 16.6. The smallest absolute Gasteiger partial charge is 0.426 e. The molecule has 0 bridgehead atoms. The first-order valence-electron chi connectivity index (χ1n) is 9.46. The normalized spacial score (nSPS) is 30.8. The van der Waals surface area contributed by atoms with Crippen molar-refractivity contribution in [1.82, 2.24) is 4.31 Å². The molecule has 3 heterocycles. The Hall–Kier alpha value is -1.36. The van der Waals surface area contributed by atoms with Gasteiger partial charge in [0.15, 0.2) is 0 Å². The zero-order valence-corrected chi connectivity index (χ0v) is 19.0. The largest absolute Gasteiger partial charge is 0.484 e. The van der Waals surface area contributed by atoms with Crippen LogP contribution in [0.15, 0.2) is 22.7 Å². The lowest BCUT2D eigenvalue weighted by atomic mass is 9.74. The van der Waals surface area contributed by atoms with E-state index in [1.165, 1.54) is 0 Å². The highest BCUT2D eigenvalue weighted by Gasteiger charge is 2.63. The minimum Gasteiger partial charge on any atom is -0.484 e. The summed E-state index contributed by atoms with van der Waals surface area (Å²) < 4.78 is 49.8. The molecular formula is C19H24BrNO7S. The lowest BCUT2D eigenvalue weighted by molar-refractivity contribution is -0.107. The van der Waals surface area contributed by atoms with Gasteiger partial charge in [-0.25, -0.2) is 4.79 Å². The third-order valence-corrected chi connectivity index (χ3v) is 7.14. The van der Waals surface area contributed by atoms with Crippen LogP contribution in [0.4, 0.5) is 4.79 Å². The highest BCUT2D eigenvalue weighted by Crippen LogP contribution is 2.54. The summed E-state index contributed by atoms with van der Waals surface area (Å²) in [6, 6.07) is 5.36. The third kappa shape index (κ3) is 3.64. The zero-order chi connectivity index (χ0) is 21.1. The van der Waals surface area contributed by atoms with Gasteiger partial charge in [-0.05, 0) is 51.8 Å². The Labute approximate surface area is 178 Å². The van der Waals surface area contributed by atoms with E-state index >= 15 is 0 Å². The quantitative estimate of drug-likeness (QED) is 0.550. The van der Waals surface area contributed by atoms with E-state index in [4.69, 9.17) is 18.4 Å². The van der Waals surface area contributed by atoms with Gasteiger partial charge in [0, 0.05) is 23.1 Å². The Morgan fingerprint density at radius 2 is 2.03 bits per heavy atom. The van der Waals surface area contributed by atoms with Crippen LogP contribution >= 0.6 is 15.9 Å². The molecule has 2 fully saturated rings. The number of hydrogen-bond donors (Lipinski definition) is 0. The van der Waals surface area contributed by atoms with Crippen LogP contribution in [0.25, 0.3) is 0 Å². The van der Waals surface area contributed by atoms with Gasteiger partial charge in [0.1, 0.15) is 22.5 Å². The summed E-state index contributed by atoms with van der Waals surface area (Å²) in [6.45, 7) is 5.79. The SMILES string of the molecule is CC(C)(C)OC(=O)N1C2(COS1(=O)=O)CC1(CCCOC1)Oc1ccc(Br)cc12. The van der Waals surface area contributed by atoms with Crippen LogP contribution in [0, 0.1) is 0 Å². The van der Waals surface area contributed by atoms with Crippen LogP contribution in [-0.2, 0) is 29.5 Å². The summed E-state index contributed by atoms with van der Waals surface area (Å²) in [5.41, 5.74) is -2.33. The molecule has 0 radical (unpaired) electrons. The van der Waals surface area contributed by atoms with Crippen LogP contribution in [-0.4, -0.2) is 49.8 Å². The van der Waals surface area contributed by atoms with Gasteiger partial charge in [0.05, 0.1) is 13.2 Å². The summed E-state index contributed by atoms with van der Waals surface area (Å²) in [5, 5.41) is 0. The van der Waals surface area contributed by atoms with Crippen molar-refractivity contribution in [3.05, 3.63) is 28.2 Å². The Bertz CT molecular complexity index is 936. The van der Waals surface area contributed by atoms with E-state index in [-0.39, 0.29) is 13.0 Å². The number of hydrogen-bond acceptors (Lipinski definition) is 7. The van der Waals surface area contributed by atoms with E-state index in [1.807, 2.05) is 6.07 Å². The van der Waals surface area contributed by atoms with E-state index < -0.39 is 33.1 Å². The molecule has 1 amide bonds. The number of ether oxygens (including phenoxy) is 3. The van der Waals surface area contributed by atoms with E-state index in [2.05, 4.69) is 15.9 Å². The molecule has 8 nitrogen and oxygen atoms in total. The highest BCUT2D eigenvalue weighted by molar-refractivity contribution is 9.10. The summed E-state index contributed by atoms with van der Waals surface area (Å²) >= 11 is 3.44. The molecule has 2 spiro atoms. The predicted molar refractivity (Wildman–Crippen MR) is 107 cm³/mol. The highest BCUT2D eigenvalue weighted by atomic mass is 79.9. The van der Waals surface area contributed by atoms with Crippen LogP contribution in [0.2, 0.25) is 0 Å². The molecule has 3 aliphatic heterocycles. The molecular weight excluding hydrogens is 466 g/mol. The standard InChI is InChI=1S/C19H24BrNO7S/c1-17(2,3)28-16(22)21-19(12-26-29(21,23)24)10-18(7-4-8-25-11-18)27-15-6-5-13(20)9-14(15)19/h5-6,9H,4,7-8,10-12H2,1-3H3. The van der Waals surface area contributed by atoms with E-state index in [9.17, 15) is 13.2 Å². The van der Waals surface area contributed by atoms with E-state index in [0.29, 0.717) is 30.9 Å². The minimum atomic E-state index is -4.33. The molecule has 0 saturated carbocycles. The monoisotopic (exact) mass is 489 g/mol. The average molecular weight is 490 g/mol. The van der Waals surface area contributed by atoms with E-state index in [1.54, 1.807) is 32.9 Å². The molecule has 2 unspecified atom stereocenters. The van der Waals surface area contributed by atoms with Crippen LogP contribution in [0.3, 0.4) is 0 Å². The molecule has 1 aromatic rings. The fourth-order valence-electron chi connectivity index (χ4n) is 4.28. The van der Waals surface area contributed by atoms with Gasteiger partial charge in [-0.15, -0.1) is 0 Å². The molecule has 0 aromatic heterocycles. The van der Waals surface area contributed by atoms with Crippen molar-refractivity contribution >= 4 is 32.3 Å². The van der Waals surface area contributed by atoms with Gasteiger partial charge in [-0.1, -0.05) is 15.9 Å². The number of carbonyl (C=O) groups excluding carboxylic acids is 1. The molecule has 2 atom stereocenters. The molecule has 1 aromatic carbocycles. The third-order valence-electron chi connectivity index (χ3n) is 5.29. The van der Waals surface area contributed by atoms with Crippen molar-refractivity contribution < 1.29 is 31.6 Å². The number of fused-ring (bicyclic) bond motifs is 2. The maximum atomic E-state index is 13.1. The van der Waals surface area contributed by atoms with Gasteiger partial charge in [0.25, 0.3) is 0 Å². The van der Waals surface area contributed by atoms with Gasteiger partial charge in [-0.2, -0.15) is 12.7 Å². The average Bonchev–Trinajstić information content (AvgIpc) is 2.86.